The lowest BCUT2D eigenvalue weighted by atomic mass is 9.99. The molecular formula is C42H43F2N7O3. The molecule has 12 heteroatoms. The highest BCUT2D eigenvalue weighted by Gasteiger charge is 2.32. The number of hydrogen-bond acceptors (Lipinski definition) is 6. The molecule has 278 valence electrons. The zero-order chi connectivity index (χ0) is 37.4. The number of furan rings is 1. The van der Waals surface area contributed by atoms with Gasteiger partial charge in [0.2, 0.25) is 11.8 Å². The summed E-state index contributed by atoms with van der Waals surface area (Å²) < 4.78 is 37.4. The number of rotatable bonds is 10. The van der Waals surface area contributed by atoms with Gasteiger partial charge in [0.15, 0.2) is 0 Å². The van der Waals surface area contributed by atoms with E-state index in [-0.39, 0.29) is 24.4 Å². The number of carbonyl (C=O) groups is 2. The molecule has 2 N–H and O–H groups in total. The zero-order valence-corrected chi connectivity index (χ0v) is 30.1. The second-order valence-electron chi connectivity index (χ2n) is 13.6. The van der Waals surface area contributed by atoms with E-state index in [1.165, 1.54) is 29.0 Å². The first-order valence-electron chi connectivity index (χ1n) is 18.1. The topological polar surface area (TPSA) is 101 Å². The van der Waals surface area contributed by atoms with Gasteiger partial charge in [-0.2, -0.15) is 0 Å². The molecule has 0 bridgehead atoms. The highest BCUT2D eigenvalue weighted by Crippen LogP contribution is 2.34. The SMILES string of the molecule is Cc1ccc(C2c3cccn3CCN2CC(=O)NCc2cccnc2)cc1.O=C(CN1CCn2cccc2C1c1ccc(F)cc1F)NCc1ccco1. The molecule has 2 aliphatic rings. The number of amides is 2. The van der Waals surface area contributed by atoms with Gasteiger partial charge in [0.25, 0.3) is 0 Å². The minimum Gasteiger partial charge on any atom is -0.467 e. The third kappa shape index (κ3) is 8.67. The molecule has 2 unspecified atom stereocenters. The van der Waals surface area contributed by atoms with Crippen LogP contribution in [0.4, 0.5) is 8.78 Å². The van der Waals surface area contributed by atoms with Crippen molar-refractivity contribution >= 4 is 11.8 Å². The van der Waals surface area contributed by atoms with Crippen LogP contribution in [0, 0.1) is 18.6 Å². The van der Waals surface area contributed by atoms with Gasteiger partial charge in [-0.1, -0.05) is 42.0 Å². The zero-order valence-electron chi connectivity index (χ0n) is 30.1. The predicted molar refractivity (Wildman–Crippen MR) is 200 cm³/mol. The fourth-order valence-corrected chi connectivity index (χ4v) is 7.20. The largest absolute Gasteiger partial charge is 0.467 e. The first-order valence-corrected chi connectivity index (χ1v) is 18.1. The van der Waals surface area contributed by atoms with Crippen LogP contribution in [0.1, 0.15) is 51.5 Å². The summed E-state index contributed by atoms with van der Waals surface area (Å²) >= 11 is 0. The quantitative estimate of drug-likeness (QED) is 0.180. The van der Waals surface area contributed by atoms with Crippen LogP contribution in [0.2, 0.25) is 0 Å². The first kappa shape index (κ1) is 36.5. The summed E-state index contributed by atoms with van der Waals surface area (Å²) in [7, 11) is 0. The Hall–Kier alpha value is -5.85. The number of hydrogen-bond donors (Lipinski definition) is 2. The molecule has 2 atom stereocenters. The van der Waals surface area contributed by atoms with E-state index < -0.39 is 17.7 Å². The fourth-order valence-electron chi connectivity index (χ4n) is 7.20. The maximum atomic E-state index is 14.5. The average molecular weight is 732 g/mol. The molecule has 54 heavy (non-hydrogen) atoms. The van der Waals surface area contributed by atoms with Crippen LogP contribution in [0.3, 0.4) is 0 Å². The van der Waals surface area contributed by atoms with Gasteiger partial charge in [-0.25, -0.2) is 8.78 Å². The van der Waals surface area contributed by atoms with Crippen molar-refractivity contribution in [3.05, 3.63) is 173 Å². The van der Waals surface area contributed by atoms with Gasteiger partial charge < -0.3 is 24.2 Å². The lowest BCUT2D eigenvalue weighted by Gasteiger charge is -2.37. The van der Waals surface area contributed by atoms with E-state index in [4.69, 9.17) is 4.42 Å². The maximum Gasteiger partial charge on any atom is 0.234 e. The number of carbonyl (C=O) groups excluding carboxylic acids is 2. The molecule has 0 saturated carbocycles. The number of aryl methyl sites for hydroxylation is 1. The van der Waals surface area contributed by atoms with Crippen molar-refractivity contribution in [2.24, 2.45) is 0 Å². The second-order valence-corrected chi connectivity index (χ2v) is 13.6. The van der Waals surface area contributed by atoms with E-state index in [1.807, 2.05) is 39.9 Å². The third-order valence-corrected chi connectivity index (χ3v) is 9.87. The standard InChI is InChI=1S/C22H24N4O.C20H19F2N3O2/c1-17-6-8-19(9-7-17)22-20-5-3-11-25(20)12-13-26(22)16-21(27)24-15-18-4-2-10-23-14-18;21-14-5-6-16(17(22)11-14)20-18-4-1-7-24(18)8-9-25(20)13-19(26)23-12-15-3-2-10-27-15/h2-11,14,22H,12-13,15-16H2,1H3,(H,24,27);1-7,10-11,20H,8-9,12-13H2,(H,23,26). The molecule has 0 spiro atoms. The summed E-state index contributed by atoms with van der Waals surface area (Å²) in [5.41, 5.74) is 5.95. The van der Waals surface area contributed by atoms with Gasteiger partial charge in [0, 0.05) is 80.5 Å². The Labute approximate surface area is 313 Å². The van der Waals surface area contributed by atoms with E-state index in [9.17, 15) is 18.4 Å². The van der Waals surface area contributed by atoms with E-state index >= 15 is 0 Å². The normalized spacial score (nSPS) is 16.8. The van der Waals surface area contributed by atoms with Crippen molar-refractivity contribution in [1.82, 2.24) is 34.6 Å². The monoisotopic (exact) mass is 731 g/mol. The van der Waals surface area contributed by atoms with E-state index in [2.05, 4.69) is 74.6 Å². The van der Waals surface area contributed by atoms with E-state index in [0.29, 0.717) is 44.0 Å². The number of nitrogens with zero attached hydrogens (tertiary/aromatic N) is 5. The number of benzene rings is 2. The Bertz CT molecular complexity index is 2150. The molecule has 2 amide bonds. The summed E-state index contributed by atoms with van der Waals surface area (Å²) in [6.07, 6.45) is 9.12. The number of nitrogens with one attached hydrogen (secondary N) is 2. The van der Waals surface area contributed by atoms with Crippen molar-refractivity contribution in [3.8, 4) is 0 Å². The highest BCUT2D eigenvalue weighted by molar-refractivity contribution is 5.78. The molecule has 2 aromatic carbocycles. The Morgan fingerprint density at radius 1 is 0.759 bits per heavy atom. The summed E-state index contributed by atoms with van der Waals surface area (Å²) in [4.78, 5) is 33.3. The van der Waals surface area contributed by atoms with Gasteiger partial charge in [0.05, 0.1) is 38.0 Å². The molecule has 10 nitrogen and oxygen atoms in total. The average Bonchev–Trinajstić information content (AvgIpc) is 3.98. The van der Waals surface area contributed by atoms with Gasteiger partial charge in [0.1, 0.15) is 17.4 Å². The first-order chi connectivity index (χ1) is 26.3. The van der Waals surface area contributed by atoms with Crippen LogP contribution in [0.25, 0.3) is 0 Å². The third-order valence-electron chi connectivity index (χ3n) is 9.87. The molecule has 0 saturated heterocycles. The Balaban J connectivity index is 0.000000167. The van der Waals surface area contributed by atoms with Crippen LogP contribution in [0.5, 0.6) is 0 Å². The Morgan fingerprint density at radius 3 is 2.06 bits per heavy atom. The van der Waals surface area contributed by atoms with Crippen LogP contribution in [-0.2, 0) is 35.8 Å². The summed E-state index contributed by atoms with van der Waals surface area (Å²) in [6, 6.07) is 27.3. The lowest BCUT2D eigenvalue weighted by molar-refractivity contribution is -0.123. The molecule has 6 heterocycles. The van der Waals surface area contributed by atoms with Crippen LogP contribution in [-0.4, -0.2) is 61.9 Å². The number of aromatic nitrogens is 3. The highest BCUT2D eigenvalue weighted by atomic mass is 19.1. The van der Waals surface area contributed by atoms with Crippen molar-refractivity contribution in [2.45, 2.75) is 45.2 Å². The Kier molecular flexibility index (Phi) is 11.4. The van der Waals surface area contributed by atoms with E-state index in [1.54, 1.807) is 30.8 Å². The van der Waals surface area contributed by atoms with Crippen LogP contribution < -0.4 is 10.6 Å². The number of pyridine rings is 1. The van der Waals surface area contributed by atoms with Crippen LogP contribution in [0.15, 0.2) is 126 Å². The number of halogens is 2. The van der Waals surface area contributed by atoms with E-state index in [0.717, 1.165) is 30.4 Å². The smallest absolute Gasteiger partial charge is 0.234 e. The predicted octanol–water partition coefficient (Wildman–Crippen LogP) is 5.99. The minimum absolute atomic E-state index is 0.0379. The summed E-state index contributed by atoms with van der Waals surface area (Å²) in [6.45, 7) is 6.41. The maximum absolute atomic E-state index is 14.5. The van der Waals surface area contributed by atoms with Gasteiger partial charge in [-0.15, -0.1) is 0 Å². The molecular weight excluding hydrogens is 689 g/mol. The molecule has 2 aliphatic heterocycles. The molecule has 8 rings (SSSR count). The lowest BCUT2D eigenvalue weighted by Crippen LogP contribution is -2.44. The van der Waals surface area contributed by atoms with Gasteiger partial charge >= 0.3 is 0 Å². The Morgan fingerprint density at radius 2 is 1.43 bits per heavy atom. The van der Waals surface area contributed by atoms with Crippen molar-refractivity contribution in [2.75, 3.05) is 26.2 Å². The minimum atomic E-state index is -0.620. The molecule has 6 aromatic rings. The second kappa shape index (κ2) is 16.9. The molecule has 0 fully saturated rings. The molecule has 4 aromatic heterocycles. The number of fused-ring (bicyclic) bond motifs is 2. The van der Waals surface area contributed by atoms with Crippen LogP contribution >= 0.6 is 0 Å². The summed E-state index contributed by atoms with van der Waals surface area (Å²) in [5, 5.41) is 5.83. The fraction of sp³-hybridized carbons (Fsp3) is 0.262. The van der Waals surface area contributed by atoms with Gasteiger partial charge in [-0.3, -0.25) is 24.4 Å². The van der Waals surface area contributed by atoms with Crippen molar-refractivity contribution in [1.29, 1.82) is 0 Å². The molecule has 0 aliphatic carbocycles. The molecule has 0 radical (unpaired) electrons. The van der Waals surface area contributed by atoms with Gasteiger partial charge in [-0.05, 0) is 66.6 Å². The van der Waals surface area contributed by atoms with Crippen molar-refractivity contribution in [3.63, 3.8) is 0 Å². The summed E-state index contributed by atoms with van der Waals surface area (Å²) in [5.74, 6) is -0.715. The van der Waals surface area contributed by atoms with Crippen molar-refractivity contribution < 1.29 is 22.8 Å².